The van der Waals surface area contributed by atoms with E-state index in [-0.39, 0.29) is 11.5 Å². The lowest BCUT2D eigenvalue weighted by Gasteiger charge is -2.28. The molecule has 1 fully saturated rings. The number of benzene rings is 1. The minimum Gasteiger partial charge on any atom is -0.369 e. The van der Waals surface area contributed by atoms with Crippen LogP contribution in [0.5, 0.6) is 0 Å². The van der Waals surface area contributed by atoms with Crippen molar-refractivity contribution in [1.29, 1.82) is 0 Å². The third-order valence-corrected chi connectivity index (χ3v) is 6.87. The van der Waals surface area contributed by atoms with E-state index < -0.39 is 9.84 Å². The molecular weight excluding hydrogens is 356 g/mol. The Bertz CT molecular complexity index is 969. The first-order chi connectivity index (χ1) is 12.1. The van der Waals surface area contributed by atoms with Gasteiger partial charge in [0.05, 0.1) is 21.7 Å². The lowest BCUT2D eigenvalue weighted by atomic mass is 10.2. The number of anilines is 2. The third-order valence-electron chi connectivity index (χ3n) is 4.35. The van der Waals surface area contributed by atoms with Gasteiger partial charge in [-0.3, -0.25) is 0 Å². The first-order valence-electron chi connectivity index (χ1n) is 8.07. The zero-order valence-corrected chi connectivity index (χ0v) is 15.2. The van der Waals surface area contributed by atoms with E-state index in [0.717, 1.165) is 27.3 Å². The molecule has 8 heteroatoms. The molecule has 1 aromatic carbocycles. The zero-order valence-electron chi connectivity index (χ0n) is 13.6. The first-order valence-corrected chi connectivity index (χ1v) is 10.8. The molecule has 0 bridgehead atoms. The molecule has 0 unspecified atom stereocenters. The lowest BCUT2D eigenvalue weighted by Crippen LogP contribution is -2.40. The number of rotatable bonds is 4. The van der Waals surface area contributed by atoms with Crippen LogP contribution in [0.15, 0.2) is 42.0 Å². The summed E-state index contributed by atoms with van der Waals surface area (Å²) in [6, 6.07) is 10.2. The minimum absolute atomic E-state index is 0.237. The van der Waals surface area contributed by atoms with E-state index in [9.17, 15) is 8.42 Å². The number of thiophene rings is 1. The SMILES string of the molecule is O=S1(=O)CCN(c2ccc(CNc3ncnc4ccsc34)cc2)CC1. The molecule has 3 aromatic rings. The van der Waals surface area contributed by atoms with Crippen molar-refractivity contribution in [1.82, 2.24) is 9.97 Å². The largest absolute Gasteiger partial charge is 0.369 e. The summed E-state index contributed by atoms with van der Waals surface area (Å²) >= 11 is 1.63. The molecule has 0 aliphatic carbocycles. The van der Waals surface area contributed by atoms with Crippen LogP contribution in [-0.2, 0) is 16.4 Å². The molecule has 130 valence electrons. The summed E-state index contributed by atoms with van der Waals surface area (Å²) in [5, 5.41) is 5.38. The van der Waals surface area contributed by atoms with E-state index in [4.69, 9.17) is 0 Å². The molecule has 3 heterocycles. The van der Waals surface area contributed by atoms with Gasteiger partial charge in [0.1, 0.15) is 12.1 Å². The lowest BCUT2D eigenvalue weighted by molar-refractivity contribution is 0.587. The van der Waals surface area contributed by atoms with Crippen molar-refractivity contribution >= 4 is 42.9 Å². The molecule has 1 aliphatic rings. The second kappa shape index (κ2) is 6.61. The second-order valence-corrected chi connectivity index (χ2v) is 9.24. The predicted octanol–water partition coefficient (Wildman–Crippen LogP) is 2.54. The van der Waals surface area contributed by atoms with Gasteiger partial charge in [0, 0.05) is 25.3 Å². The molecule has 25 heavy (non-hydrogen) atoms. The summed E-state index contributed by atoms with van der Waals surface area (Å²) < 4.78 is 24.1. The highest BCUT2D eigenvalue weighted by Gasteiger charge is 2.21. The molecule has 6 nitrogen and oxygen atoms in total. The van der Waals surface area contributed by atoms with E-state index in [1.807, 2.05) is 11.4 Å². The Kier molecular flexibility index (Phi) is 4.30. The van der Waals surface area contributed by atoms with E-state index in [1.54, 1.807) is 17.7 Å². The summed E-state index contributed by atoms with van der Waals surface area (Å²) in [5.74, 6) is 1.33. The van der Waals surface area contributed by atoms with Crippen LogP contribution in [0.1, 0.15) is 5.56 Å². The van der Waals surface area contributed by atoms with Crippen molar-refractivity contribution in [3.63, 3.8) is 0 Å². The molecule has 1 aliphatic heterocycles. The summed E-state index contributed by atoms with van der Waals surface area (Å²) in [6.07, 6.45) is 1.57. The number of hydrogen-bond acceptors (Lipinski definition) is 7. The highest BCUT2D eigenvalue weighted by Crippen LogP contribution is 2.25. The fourth-order valence-corrected chi connectivity index (χ4v) is 4.91. The topological polar surface area (TPSA) is 75.2 Å². The first kappa shape index (κ1) is 16.3. The Morgan fingerprint density at radius 1 is 1.08 bits per heavy atom. The van der Waals surface area contributed by atoms with Crippen LogP contribution >= 0.6 is 11.3 Å². The van der Waals surface area contributed by atoms with Crippen molar-refractivity contribution in [2.24, 2.45) is 0 Å². The Morgan fingerprint density at radius 3 is 2.60 bits per heavy atom. The van der Waals surface area contributed by atoms with Gasteiger partial charge in [0.2, 0.25) is 0 Å². The summed E-state index contributed by atoms with van der Waals surface area (Å²) in [4.78, 5) is 10.7. The molecule has 0 radical (unpaired) electrons. The number of fused-ring (bicyclic) bond motifs is 1. The normalized spacial score (nSPS) is 16.9. The van der Waals surface area contributed by atoms with Gasteiger partial charge in [-0.05, 0) is 29.1 Å². The molecule has 4 rings (SSSR count). The summed E-state index contributed by atoms with van der Waals surface area (Å²) in [6.45, 7) is 1.81. The summed E-state index contributed by atoms with van der Waals surface area (Å²) in [5.41, 5.74) is 3.18. The molecule has 1 saturated heterocycles. The highest BCUT2D eigenvalue weighted by molar-refractivity contribution is 7.91. The van der Waals surface area contributed by atoms with Crippen molar-refractivity contribution in [3.05, 3.63) is 47.6 Å². The second-order valence-electron chi connectivity index (χ2n) is 6.02. The number of aromatic nitrogens is 2. The van der Waals surface area contributed by atoms with Crippen LogP contribution in [0.25, 0.3) is 10.2 Å². The molecule has 0 atom stereocenters. The Balaban J connectivity index is 1.42. The number of hydrogen-bond donors (Lipinski definition) is 1. The van der Waals surface area contributed by atoms with E-state index in [2.05, 4.69) is 44.5 Å². The van der Waals surface area contributed by atoms with Gasteiger partial charge in [0.25, 0.3) is 0 Å². The molecule has 0 amide bonds. The Hall–Kier alpha value is -2.19. The van der Waals surface area contributed by atoms with Gasteiger partial charge in [-0.25, -0.2) is 18.4 Å². The smallest absolute Gasteiger partial charge is 0.153 e. The van der Waals surface area contributed by atoms with Gasteiger partial charge in [-0.1, -0.05) is 12.1 Å². The van der Waals surface area contributed by atoms with Gasteiger partial charge >= 0.3 is 0 Å². The van der Waals surface area contributed by atoms with Crippen LogP contribution in [0, 0.1) is 0 Å². The molecule has 0 spiro atoms. The third kappa shape index (κ3) is 3.59. The summed E-state index contributed by atoms with van der Waals surface area (Å²) in [7, 11) is -2.85. The van der Waals surface area contributed by atoms with Crippen LogP contribution in [0.2, 0.25) is 0 Å². The van der Waals surface area contributed by atoms with Crippen LogP contribution < -0.4 is 10.2 Å². The van der Waals surface area contributed by atoms with Crippen molar-refractivity contribution in [2.45, 2.75) is 6.54 Å². The molecule has 0 saturated carbocycles. The van der Waals surface area contributed by atoms with Crippen LogP contribution in [-0.4, -0.2) is 43.0 Å². The molecular formula is C17H18N4O2S2. The monoisotopic (exact) mass is 374 g/mol. The van der Waals surface area contributed by atoms with Crippen LogP contribution in [0.4, 0.5) is 11.5 Å². The average Bonchev–Trinajstić information content (AvgIpc) is 3.10. The number of sulfone groups is 1. The molecule has 1 N–H and O–H groups in total. The zero-order chi connectivity index (χ0) is 17.3. The van der Waals surface area contributed by atoms with Crippen molar-refractivity contribution in [2.75, 3.05) is 34.8 Å². The Labute approximate surface area is 150 Å². The fourth-order valence-electron chi connectivity index (χ4n) is 2.90. The van der Waals surface area contributed by atoms with Gasteiger partial charge < -0.3 is 10.2 Å². The Morgan fingerprint density at radius 2 is 1.84 bits per heavy atom. The van der Waals surface area contributed by atoms with Crippen LogP contribution in [0.3, 0.4) is 0 Å². The van der Waals surface area contributed by atoms with Gasteiger partial charge in [-0.15, -0.1) is 11.3 Å². The minimum atomic E-state index is -2.85. The average molecular weight is 374 g/mol. The number of nitrogens with zero attached hydrogens (tertiary/aromatic N) is 3. The standard InChI is InChI=1S/C17H18N4O2S2/c22-25(23)9-6-21(7-10-25)14-3-1-13(2-4-14)11-18-17-16-15(5-8-24-16)19-12-20-17/h1-5,8,12H,6-7,9-11H2,(H,18,19,20). The van der Waals surface area contributed by atoms with Crippen molar-refractivity contribution < 1.29 is 8.42 Å². The predicted molar refractivity (Wildman–Crippen MR) is 102 cm³/mol. The fraction of sp³-hybridized carbons (Fsp3) is 0.294. The maximum absolute atomic E-state index is 11.5. The maximum Gasteiger partial charge on any atom is 0.153 e. The van der Waals surface area contributed by atoms with E-state index in [0.29, 0.717) is 19.6 Å². The van der Waals surface area contributed by atoms with Gasteiger partial charge in [-0.2, -0.15) is 0 Å². The van der Waals surface area contributed by atoms with E-state index in [1.165, 1.54) is 0 Å². The van der Waals surface area contributed by atoms with E-state index >= 15 is 0 Å². The highest BCUT2D eigenvalue weighted by atomic mass is 32.2. The van der Waals surface area contributed by atoms with Gasteiger partial charge in [0.15, 0.2) is 9.84 Å². The maximum atomic E-state index is 11.5. The quantitative estimate of drug-likeness (QED) is 0.756. The number of nitrogens with one attached hydrogen (secondary N) is 1. The molecule has 2 aromatic heterocycles. The van der Waals surface area contributed by atoms with Crippen molar-refractivity contribution in [3.8, 4) is 0 Å².